The number of hydrogen-bond donors (Lipinski definition) is 2. The fraction of sp³-hybridized carbons (Fsp3) is 0.381. The molecule has 2 aromatic heterocycles. The summed E-state index contributed by atoms with van der Waals surface area (Å²) in [6, 6.07) is 5.10. The zero-order valence-corrected chi connectivity index (χ0v) is 18.3. The average Bonchev–Trinajstić information content (AvgIpc) is 3.19. The highest BCUT2D eigenvalue weighted by Gasteiger charge is 2.34. The highest BCUT2D eigenvalue weighted by Crippen LogP contribution is 2.40. The van der Waals surface area contributed by atoms with Crippen LogP contribution in [-0.2, 0) is 13.2 Å². The summed E-state index contributed by atoms with van der Waals surface area (Å²) in [5.41, 5.74) is 5.46. The molecule has 0 radical (unpaired) electrons. The number of aryl methyl sites for hydroxylation is 1. The summed E-state index contributed by atoms with van der Waals surface area (Å²) < 4.78 is 41.9. The van der Waals surface area contributed by atoms with Gasteiger partial charge in [0.05, 0.1) is 11.8 Å². The number of carbonyl (C=O) groups is 1. The van der Waals surface area contributed by atoms with Crippen LogP contribution >= 0.6 is 11.3 Å². The zero-order chi connectivity index (χ0) is 22.9. The number of alkyl halides is 3. The summed E-state index contributed by atoms with van der Waals surface area (Å²) in [7, 11) is 1.80. The maximum absolute atomic E-state index is 13.4. The second kappa shape index (κ2) is 8.81. The number of benzene rings is 1. The molecule has 4 rings (SSSR count). The largest absolute Gasteiger partial charge is 0.417 e. The molecule has 0 unspecified atom stereocenters. The van der Waals surface area contributed by atoms with E-state index in [4.69, 9.17) is 5.73 Å². The molecule has 1 fully saturated rings. The molecule has 7 nitrogen and oxygen atoms in total. The molecule has 3 aromatic rings. The van der Waals surface area contributed by atoms with Crippen molar-refractivity contribution in [3.63, 3.8) is 0 Å². The maximum Gasteiger partial charge on any atom is 0.417 e. The van der Waals surface area contributed by atoms with Crippen LogP contribution < -0.4 is 16.0 Å². The standard InChI is InChI=1S/C21H23F3N6OS/c1-29-20(30-10-6-2-3-7-11-30)15(12-26-29)27-18(31)16-17(25)32-19(28-16)13-8-4-5-9-14(13)21(22,23)24/h4-5,8-9,12H,2-3,6-7,10-11,25H2,1H3,(H,27,31). The van der Waals surface area contributed by atoms with Crippen LogP contribution in [0.5, 0.6) is 0 Å². The Labute approximate surface area is 187 Å². The van der Waals surface area contributed by atoms with Gasteiger partial charge in [-0.15, -0.1) is 0 Å². The summed E-state index contributed by atoms with van der Waals surface area (Å²) >= 11 is 0.851. The van der Waals surface area contributed by atoms with Crippen LogP contribution in [-0.4, -0.2) is 33.8 Å². The Bertz CT molecular complexity index is 1120. The average molecular weight is 465 g/mol. The van der Waals surface area contributed by atoms with Gasteiger partial charge >= 0.3 is 6.18 Å². The van der Waals surface area contributed by atoms with Crippen molar-refractivity contribution in [2.24, 2.45) is 7.05 Å². The van der Waals surface area contributed by atoms with Crippen molar-refractivity contribution in [2.75, 3.05) is 29.0 Å². The van der Waals surface area contributed by atoms with Crippen LogP contribution in [0.3, 0.4) is 0 Å². The van der Waals surface area contributed by atoms with E-state index >= 15 is 0 Å². The van der Waals surface area contributed by atoms with Crippen LogP contribution in [0.2, 0.25) is 0 Å². The van der Waals surface area contributed by atoms with E-state index in [-0.39, 0.29) is 21.3 Å². The van der Waals surface area contributed by atoms with Crippen LogP contribution in [0.1, 0.15) is 41.7 Å². The quantitative estimate of drug-likeness (QED) is 0.580. The number of nitrogens with one attached hydrogen (secondary N) is 1. The lowest BCUT2D eigenvalue weighted by molar-refractivity contribution is -0.137. The maximum atomic E-state index is 13.4. The van der Waals surface area contributed by atoms with Gasteiger partial charge in [-0.2, -0.15) is 18.3 Å². The van der Waals surface area contributed by atoms with Gasteiger partial charge in [0.1, 0.15) is 15.7 Å². The van der Waals surface area contributed by atoms with Crippen molar-refractivity contribution >= 4 is 33.8 Å². The predicted octanol–water partition coefficient (Wildman–Crippen LogP) is 4.78. The molecule has 3 N–H and O–H groups in total. The van der Waals surface area contributed by atoms with Gasteiger partial charge in [0.15, 0.2) is 11.5 Å². The van der Waals surface area contributed by atoms with Gasteiger partial charge in [-0.25, -0.2) is 4.98 Å². The third kappa shape index (κ3) is 4.43. The Balaban J connectivity index is 1.61. The Morgan fingerprint density at radius 3 is 2.53 bits per heavy atom. The van der Waals surface area contributed by atoms with Crippen LogP contribution in [0.4, 0.5) is 29.7 Å². The molecule has 0 aliphatic carbocycles. The summed E-state index contributed by atoms with van der Waals surface area (Å²) in [4.78, 5) is 19.3. The van der Waals surface area contributed by atoms with Gasteiger partial charge in [0.25, 0.3) is 5.91 Å². The van der Waals surface area contributed by atoms with Gasteiger partial charge in [-0.05, 0) is 18.9 Å². The van der Waals surface area contributed by atoms with Gasteiger partial charge in [-0.1, -0.05) is 42.4 Å². The number of nitrogens with two attached hydrogens (primary N) is 1. The van der Waals surface area contributed by atoms with Crippen molar-refractivity contribution in [3.8, 4) is 10.6 Å². The highest BCUT2D eigenvalue weighted by molar-refractivity contribution is 7.19. The van der Waals surface area contributed by atoms with Crippen molar-refractivity contribution in [1.82, 2.24) is 14.8 Å². The second-order valence-electron chi connectivity index (χ2n) is 7.64. The molecule has 3 heterocycles. The third-order valence-corrected chi connectivity index (χ3v) is 6.31. The number of nitrogen functional groups attached to an aromatic ring is 1. The number of nitrogens with zero attached hydrogens (tertiary/aromatic N) is 4. The monoisotopic (exact) mass is 464 g/mol. The van der Waals surface area contributed by atoms with Crippen LogP contribution in [0.15, 0.2) is 30.5 Å². The lowest BCUT2D eigenvalue weighted by Crippen LogP contribution is -2.27. The number of halogens is 3. The molecule has 1 aliphatic heterocycles. The Kier molecular flexibility index (Phi) is 6.09. The number of aromatic nitrogens is 3. The first-order valence-corrected chi connectivity index (χ1v) is 11.1. The molecule has 32 heavy (non-hydrogen) atoms. The Morgan fingerprint density at radius 1 is 1.16 bits per heavy atom. The topological polar surface area (TPSA) is 89.1 Å². The molecule has 0 atom stereocenters. The minimum atomic E-state index is -4.54. The molecular formula is C21H23F3N6OS. The number of rotatable bonds is 4. The van der Waals surface area contributed by atoms with Crippen molar-refractivity contribution in [3.05, 3.63) is 41.7 Å². The first kappa shape index (κ1) is 22.1. The summed E-state index contributed by atoms with van der Waals surface area (Å²) in [5.74, 6) is 0.204. The van der Waals surface area contributed by atoms with Gasteiger partial charge in [0.2, 0.25) is 0 Å². The number of anilines is 3. The second-order valence-corrected chi connectivity index (χ2v) is 8.67. The van der Waals surface area contributed by atoms with E-state index in [0.29, 0.717) is 5.69 Å². The molecule has 0 saturated carbocycles. The zero-order valence-electron chi connectivity index (χ0n) is 17.4. The highest BCUT2D eigenvalue weighted by atomic mass is 32.1. The number of thiazole rings is 1. The van der Waals surface area contributed by atoms with Crippen molar-refractivity contribution in [1.29, 1.82) is 0 Å². The first-order chi connectivity index (χ1) is 15.3. The van der Waals surface area contributed by atoms with E-state index < -0.39 is 17.6 Å². The molecule has 0 bridgehead atoms. The minimum absolute atomic E-state index is 0.0412. The SMILES string of the molecule is Cn1ncc(NC(=O)c2nc(-c3ccccc3C(F)(F)F)sc2N)c1N1CCCCCC1. The normalized spacial score (nSPS) is 14.9. The molecule has 1 saturated heterocycles. The van der Waals surface area contributed by atoms with E-state index in [2.05, 4.69) is 20.3 Å². The number of amides is 1. The molecule has 1 aliphatic rings. The number of carbonyl (C=O) groups excluding carboxylic acids is 1. The fourth-order valence-corrected chi connectivity index (χ4v) is 4.75. The van der Waals surface area contributed by atoms with Crippen LogP contribution in [0, 0.1) is 0 Å². The Morgan fingerprint density at radius 2 is 1.84 bits per heavy atom. The molecule has 1 amide bonds. The molecule has 0 spiro atoms. The minimum Gasteiger partial charge on any atom is -0.389 e. The molecule has 1 aromatic carbocycles. The molecule has 11 heteroatoms. The van der Waals surface area contributed by atoms with Gasteiger partial charge in [-0.3, -0.25) is 9.48 Å². The van der Waals surface area contributed by atoms with Crippen LogP contribution in [0.25, 0.3) is 10.6 Å². The lowest BCUT2D eigenvalue weighted by atomic mass is 10.1. The van der Waals surface area contributed by atoms with Crippen molar-refractivity contribution in [2.45, 2.75) is 31.9 Å². The van der Waals surface area contributed by atoms with E-state index in [1.807, 2.05) is 0 Å². The lowest BCUT2D eigenvalue weighted by Gasteiger charge is -2.23. The van der Waals surface area contributed by atoms with E-state index in [1.165, 1.54) is 18.2 Å². The van der Waals surface area contributed by atoms with Gasteiger partial charge in [0, 0.05) is 25.7 Å². The Hall–Kier alpha value is -3.08. The van der Waals surface area contributed by atoms with E-state index in [9.17, 15) is 18.0 Å². The predicted molar refractivity (Wildman–Crippen MR) is 119 cm³/mol. The fourth-order valence-electron chi connectivity index (χ4n) is 3.88. The molecule has 170 valence electrons. The van der Waals surface area contributed by atoms with E-state index in [1.54, 1.807) is 17.9 Å². The van der Waals surface area contributed by atoms with Crippen molar-refractivity contribution < 1.29 is 18.0 Å². The van der Waals surface area contributed by atoms with Gasteiger partial charge < -0.3 is 16.0 Å². The summed E-state index contributed by atoms with van der Waals surface area (Å²) in [5, 5.41) is 7.15. The summed E-state index contributed by atoms with van der Waals surface area (Å²) in [6.45, 7) is 1.72. The molecular weight excluding hydrogens is 441 g/mol. The van der Waals surface area contributed by atoms with E-state index in [0.717, 1.165) is 62.0 Å². The third-order valence-electron chi connectivity index (χ3n) is 5.39. The number of hydrogen-bond acceptors (Lipinski definition) is 6. The smallest absolute Gasteiger partial charge is 0.389 e. The summed E-state index contributed by atoms with van der Waals surface area (Å²) in [6.07, 6.45) is 1.44. The first-order valence-electron chi connectivity index (χ1n) is 10.3.